The van der Waals surface area contributed by atoms with Crippen LogP contribution in [0.2, 0.25) is 0 Å². The van der Waals surface area contributed by atoms with Crippen molar-refractivity contribution >= 4 is 17.8 Å². The number of hydrogen-bond acceptors (Lipinski definition) is 4. The number of carbonyl (C=O) groups is 2. The molecule has 4 nitrogen and oxygen atoms in total. The summed E-state index contributed by atoms with van der Waals surface area (Å²) < 4.78 is 10.4. The van der Waals surface area contributed by atoms with Crippen LogP contribution in [0.3, 0.4) is 0 Å². The summed E-state index contributed by atoms with van der Waals surface area (Å²) >= 11 is 0. The van der Waals surface area contributed by atoms with Crippen LogP contribution in [0, 0.1) is 5.92 Å². The molecule has 0 atom stereocenters. The van der Waals surface area contributed by atoms with Crippen LogP contribution in [0.25, 0.3) is 6.08 Å². The molecule has 2 aromatic rings. The van der Waals surface area contributed by atoms with E-state index in [0.717, 1.165) is 16.9 Å². The summed E-state index contributed by atoms with van der Waals surface area (Å²) in [6, 6.07) is 16.5. The van der Waals surface area contributed by atoms with Crippen molar-refractivity contribution in [3.63, 3.8) is 0 Å². The summed E-state index contributed by atoms with van der Waals surface area (Å²) in [5.41, 5.74) is 1.67. The number of carbonyl (C=O) groups excluding carboxylic acids is 2. The van der Waals surface area contributed by atoms with Crippen LogP contribution in [0.15, 0.2) is 60.2 Å². The predicted octanol–water partition coefficient (Wildman–Crippen LogP) is 4.05. The van der Waals surface area contributed by atoms with Crippen molar-refractivity contribution in [1.29, 1.82) is 0 Å². The Balaban J connectivity index is 2.14. The first kappa shape index (κ1) is 18.5. The van der Waals surface area contributed by atoms with Gasteiger partial charge in [0.05, 0.1) is 7.11 Å². The second-order valence-corrected chi connectivity index (χ2v) is 5.91. The van der Waals surface area contributed by atoms with Gasteiger partial charge >= 0.3 is 5.97 Å². The minimum absolute atomic E-state index is 0.0645. The van der Waals surface area contributed by atoms with E-state index in [9.17, 15) is 9.59 Å². The maximum absolute atomic E-state index is 12.5. The highest BCUT2D eigenvalue weighted by Gasteiger charge is 2.22. The monoisotopic (exact) mass is 338 g/mol. The molecule has 0 N–H and O–H groups in total. The summed E-state index contributed by atoms with van der Waals surface area (Å²) in [7, 11) is 1.59. The summed E-state index contributed by atoms with van der Waals surface area (Å²) in [6.07, 6.45) is 1.58. The van der Waals surface area contributed by atoms with Gasteiger partial charge in [0.25, 0.3) is 0 Å². The first-order valence-electron chi connectivity index (χ1n) is 8.12. The fourth-order valence-electron chi connectivity index (χ4n) is 2.21. The maximum atomic E-state index is 12.5. The predicted molar refractivity (Wildman–Crippen MR) is 97.1 cm³/mol. The average molecular weight is 338 g/mol. The molecule has 0 aromatic heterocycles. The van der Waals surface area contributed by atoms with Crippen LogP contribution in [0.5, 0.6) is 5.75 Å². The number of rotatable bonds is 7. The lowest BCUT2D eigenvalue weighted by Gasteiger charge is -2.10. The molecule has 25 heavy (non-hydrogen) atoms. The van der Waals surface area contributed by atoms with Gasteiger partial charge in [0.1, 0.15) is 17.9 Å². The lowest BCUT2D eigenvalue weighted by molar-refractivity contribution is -0.141. The highest BCUT2D eigenvalue weighted by molar-refractivity contribution is 6.21. The molecule has 0 aliphatic carbocycles. The number of methoxy groups -OCH3 is 1. The molecule has 130 valence electrons. The number of benzene rings is 2. The van der Waals surface area contributed by atoms with Crippen LogP contribution in [-0.4, -0.2) is 18.9 Å². The topological polar surface area (TPSA) is 52.6 Å². The van der Waals surface area contributed by atoms with Gasteiger partial charge in [-0.15, -0.1) is 0 Å². The molecular formula is C21H22O4. The zero-order valence-electron chi connectivity index (χ0n) is 14.7. The molecule has 0 saturated carbocycles. The number of ketones is 1. The van der Waals surface area contributed by atoms with E-state index in [4.69, 9.17) is 9.47 Å². The molecule has 0 spiro atoms. The van der Waals surface area contributed by atoms with Crippen molar-refractivity contribution in [2.24, 2.45) is 5.92 Å². The molecule has 0 unspecified atom stereocenters. The molecule has 0 saturated heterocycles. The third-order valence-electron chi connectivity index (χ3n) is 3.65. The van der Waals surface area contributed by atoms with Gasteiger partial charge in [-0.05, 0) is 29.3 Å². The summed E-state index contributed by atoms with van der Waals surface area (Å²) in [5.74, 6) is -0.403. The Morgan fingerprint density at radius 3 is 2.20 bits per heavy atom. The van der Waals surface area contributed by atoms with E-state index in [0.29, 0.717) is 0 Å². The van der Waals surface area contributed by atoms with E-state index in [1.807, 2.05) is 42.5 Å². The minimum atomic E-state index is -0.613. The van der Waals surface area contributed by atoms with Crippen molar-refractivity contribution in [2.75, 3.05) is 7.11 Å². The molecule has 0 aliphatic heterocycles. The zero-order chi connectivity index (χ0) is 18.2. The van der Waals surface area contributed by atoms with Crippen LogP contribution >= 0.6 is 0 Å². The number of hydrogen-bond donors (Lipinski definition) is 0. The maximum Gasteiger partial charge on any atom is 0.342 e. The number of esters is 1. The quantitative estimate of drug-likeness (QED) is 0.331. The highest BCUT2D eigenvalue weighted by Crippen LogP contribution is 2.16. The van der Waals surface area contributed by atoms with Gasteiger partial charge in [-0.25, -0.2) is 4.79 Å². The van der Waals surface area contributed by atoms with Crippen LogP contribution in [0.1, 0.15) is 25.0 Å². The van der Waals surface area contributed by atoms with E-state index in [2.05, 4.69) is 0 Å². The molecule has 0 bridgehead atoms. The normalized spacial score (nSPS) is 11.3. The molecule has 2 rings (SSSR count). The number of ether oxygens (including phenoxy) is 2. The molecule has 0 fully saturated rings. The lowest BCUT2D eigenvalue weighted by Crippen LogP contribution is -2.19. The summed E-state index contributed by atoms with van der Waals surface area (Å²) in [5, 5.41) is 0. The molecule has 0 heterocycles. The lowest BCUT2D eigenvalue weighted by atomic mass is 9.99. The SMILES string of the molecule is COc1ccc(COC(=O)/C(=C/c2ccccc2)C(=O)C(C)C)cc1. The van der Waals surface area contributed by atoms with Crippen molar-refractivity contribution < 1.29 is 19.1 Å². The highest BCUT2D eigenvalue weighted by atomic mass is 16.5. The fourth-order valence-corrected chi connectivity index (χ4v) is 2.21. The van der Waals surface area contributed by atoms with Gasteiger partial charge in [-0.1, -0.05) is 56.3 Å². The van der Waals surface area contributed by atoms with Gasteiger partial charge < -0.3 is 9.47 Å². The zero-order valence-corrected chi connectivity index (χ0v) is 14.7. The van der Waals surface area contributed by atoms with Gasteiger partial charge in [-0.2, -0.15) is 0 Å². The van der Waals surface area contributed by atoms with Crippen molar-refractivity contribution in [1.82, 2.24) is 0 Å². The van der Waals surface area contributed by atoms with Crippen LogP contribution in [-0.2, 0) is 20.9 Å². The van der Waals surface area contributed by atoms with Gasteiger partial charge in [0.2, 0.25) is 0 Å². The Hall–Kier alpha value is -2.88. The van der Waals surface area contributed by atoms with Gasteiger partial charge in [0.15, 0.2) is 5.78 Å². The van der Waals surface area contributed by atoms with E-state index in [1.165, 1.54) is 0 Å². The molecular weight excluding hydrogens is 316 g/mol. The van der Waals surface area contributed by atoms with Crippen molar-refractivity contribution in [3.05, 3.63) is 71.3 Å². The third-order valence-corrected chi connectivity index (χ3v) is 3.65. The summed E-state index contributed by atoms with van der Waals surface area (Å²) in [6.45, 7) is 3.62. The Morgan fingerprint density at radius 1 is 1.00 bits per heavy atom. The molecule has 0 amide bonds. The van der Waals surface area contributed by atoms with E-state index >= 15 is 0 Å². The first-order chi connectivity index (χ1) is 12.0. The molecule has 0 radical (unpaired) electrons. The van der Waals surface area contributed by atoms with E-state index < -0.39 is 5.97 Å². The average Bonchev–Trinajstić information content (AvgIpc) is 2.64. The second-order valence-electron chi connectivity index (χ2n) is 5.91. The Labute approximate surface area is 148 Å². The molecule has 0 aliphatic rings. The third kappa shape index (κ3) is 5.31. The van der Waals surface area contributed by atoms with Gasteiger partial charge in [0, 0.05) is 5.92 Å². The largest absolute Gasteiger partial charge is 0.497 e. The Morgan fingerprint density at radius 2 is 1.64 bits per heavy atom. The number of Topliss-reactive ketones (excluding diaryl/α,β-unsaturated/α-hetero) is 1. The minimum Gasteiger partial charge on any atom is -0.497 e. The molecule has 4 heteroatoms. The van der Waals surface area contributed by atoms with Gasteiger partial charge in [-0.3, -0.25) is 4.79 Å². The standard InChI is InChI=1S/C21H22O4/c1-15(2)20(22)19(13-16-7-5-4-6-8-16)21(23)25-14-17-9-11-18(24-3)12-10-17/h4-13,15H,14H2,1-3H3/b19-13+. The smallest absolute Gasteiger partial charge is 0.342 e. The van der Waals surface area contributed by atoms with E-state index in [-0.39, 0.29) is 23.9 Å². The van der Waals surface area contributed by atoms with Crippen LogP contribution in [0.4, 0.5) is 0 Å². The Bertz CT molecular complexity index is 743. The molecule has 2 aromatic carbocycles. The fraction of sp³-hybridized carbons (Fsp3) is 0.238. The first-order valence-corrected chi connectivity index (χ1v) is 8.12. The van der Waals surface area contributed by atoms with Crippen molar-refractivity contribution in [3.8, 4) is 5.75 Å². The summed E-state index contributed by atoms with van der Waals surface area (Å²) in [4.78, 5) is 24.9. The Kier molecular flexibility index (Phi) is 6.52. The van der Waals surface area contributed by atoms with Crippen LogP contribution < -0.4 is 4.74 Å². The van der Waals surface area contributed by atoms with Crippen molar-refractivity contribution in [2.45, 2.75) is 20.5 Å². The van der Waals surface area contributed by atoms with E-state index in [1.54, 1.807) is 39.2 Å². The second kappa shape index (κ2) is 8.83.